The molecule has 0 amide bonds. The van der Waals surface area contributed by atoms with E-state index in [-0.39, 0.29) is 0 Å². The van der Waals surface area contributed by atoms with Gasteiger partial charge in [0.25, 0.3) is 0 Å². The number of nitrogens with zero attached hydrogens (tertiary/aromatic N) is 4. The average molecular weight is 303 g/mol. The fourth-order valence-corrected chi connectivity index (χ4v) is 2.44. The van der Waals surface area contributed by atoms with Crippen LogP contribution in [0, 0.1) is 11.3 Å². The van der Waals surface area contributed by atoms with Crippen molar-refractivity contribution in [2.75, 3.05) is 0 Å². The van der Waals surface area contributed by atoms with E-state index in [4.69, 9.17) is 5.26 Å². The van der Waals surface area contributed by atoms with Crippen LogP contribution < -0.4 is 0 Å². The SMILES string of the molecule is N#Cc1cccc(-c2nnc(CBr)n2C2CC2)c1. The summed E-state index contributed by atoms with van der Waals surface area (Å²) >= 11 is 3.44. The molecule has 1 aliphatic carbocycles. The molecule has 1 aliphatic rings. The molecule has 1 fully saturated rings. The van der Waals surface area contributed by atoms with Crippen molar-refractivity contribution in [3.05, 3.63) is 35.7 Å². The Morgan fingerprint density at radius 1 is 1.39 bits per heavy atom. The van der Waals surface area contributed by atoms with Crippen molar-refractivity contribution >= 4 is 15.9 Å². The van der Waals surface area contributed by atoms with Crippen molar-refractivity contribution < 1.29 is 0 Å². The lowest BCUT2D eigenvalue weighted by molar-refractivity contribution is 0.714. The molecule has 1 aromatic carbocycles. The van der Waals surface area contributed by atoms with E-state index >= 15 is 0 Å². The van der Waals surface area contributed by atoms with Crippen LogP contribution in [0.25, 0.3) is 11.4 Å². The van der Waals surface area contributed by atoms with Crippen molar-refractivity contribution in [2.24, 2.45) is 0 Å². The van der Waals surface area contributed by atoms with Gasteiger partial charge >= 0.3 is 0 Å². The van der Waals surface area contributed by atoms with Crippen LogP contribution in [-0.2, 0) is 5.33 Å². The lowest BCUT2D eigenvalue weighted by Gasteiger charge is -2.07. The van der Waals surface area contributed by atoms with Crippen molar-refractivity contribution in [2.45, 2.75) is 24.2 Å². The van der Waals surface area contributed by atoms with E-state index in [1.807, 2.05) is 18.2 Å². The Balaban J connectivity index is 2.11. The predicted octanol–water partition coefficient (Wildman–Crippen LogP) is 3.05. The zero-order valence-electron chi connectivity index (χ0n) is 9.67. The monoisotopic (exact) mass is 302 g/mol. The van der Waals surface area contributed by atoms with E-state index in [0.29, 0.717) is 16.9 Å². The van der Waals surface area contributed by atoms with Gasteiger partial charge in [0.05, 0.1) is 17.0 Å². The minimum atomic E-state index is 0.522. The van der Waals surface area contributed by atoms with Gasteiger partial charge < -0.3 is 4.57 Å². The first-order valence-electron chi connectivity index (χ1n) is 5.83. The highest BCUT2D eigenvalue weighted by atomic mass is 79.9. The zero-order valence-corrected chi connectivity index (χ0v) is 11.3. The Labute approximate surface area is 113 Å². The molecule has 3 rings (SSSR count). The second-order valence-electron chi connectivity index (χ2n) is 4.37. The van der Waals surface area contributed by atoms with Crippen LogP contribution in [0.3, 0.4) is 0 Å². The molecule has 0 bridgehead atoms. The van der Waals surface area contributed by atoms with Gasteiger partial charge in [0.1, 0.15) is 5.82 Å². The summed E-state index contributed by atoms with van der Waals surface area (Å²) in [7, 11) is 0. The summed E-state index contributed by atoms with van der Waals surface area (Å²) in [5.74, 6) is 1.82. The summed E-state index contributed by atoms with van der Waals surface area (Å²) in [5.41, 5.74) is 1.61. The molecule has 0 radical (unpaired) electrons. The highest BCUT2D eigenvalue weighted by Crippen LogP contribution is 2.39. The third kappa shape index (κ3) is 1.93. The van der Waals surface area contributed by atoms with Crippen molar-refractivity contribution in [1.82, 2.24) is 14.8 Å². The molecule has 0 saturated heterocycles. The van der Waals surface area contributed by atoms with Crippen molar-refractivity contribution in [3.8, 4) is 17.5 Å². The molecule has 5 heteroatoms. The second-order valence-corrected chi connectivity index (χ2v) is 4.93. The van der Waals surface area contributed by atoms with E-state index in [1.165, 1.54) is 12.8 Å². The minimum Gasteiger partial charge on any atom is -0.307 e. The molecule has 0 spiro atoms. The summed E-state index contributed by atoms with van der Waals surface area (Å²) in [6, 6.07) is 10.2. The zero-order chi connectivity index (χ0) is 12.5. The van der Waals surface area contributed by atoms with Gasteiger partial charge in [-0.1, -0.05) is 28.1 Å². The smallest absolute Gasteiger partial charge is 0.164 e. The fourth-order valence-electron chi connectivity index (χ4n) is 2.06. The van der Waals surface area contributed by atoms with E-state index in [0.717, 1.165) is 17.2 Å². The standard InChI is InChI=1S/C13H11BrN4/c14-7-12-16-17-13(18(12)11-4-5-11)10-3-1-2-9(6-10)8-15/h1-3,6,11H,4-5,7H2. The Morgan fingerprint density at radius 3 is 2.89 bits per heavy atom. The number of halogens is 1. The largest absolute Gasteiger partial charge is 0.307 e. The van der Waals surface area contributed by atoms with Crippen molar-refractivity contribution in [3.63, 3.8) is 0 Å². The van der Waals surface area contributed by atoms with Gasteiger partial charge in [-0.25, -0.2) is 0 Å². The Hall–Kier alpha value is -1.67. The molecule has 2 aromatic rings. The van der Waals surface area contributed by atoms with E-state index in [9.17, 15) is 0 Å². The van der Waals surface area contributed by atoms with Crippen molar-refractivity contribution in [1.29, 1.82) is 5.26 Å². The summed E-state index contributed by atoms with van der Waals surface area (Å²) in [6.07, 6.45) is 2.37. The molecule has 0 unspecified atom stereocenters. The number of alkyl halides is 1. The maximum atomic E-state index is 8.95. The molecule has 0 atom stereocenters. The quantitative estimate of drug-likeness (QED) is 0.819. The molecule has 0 N–H and O–H groups in total. The molecular weight excluding hydrogens is 292 g/mol. The van der Waals surface area contributed by atoms with Crippen LogP contribution in [0.4, 0.5) is 0 Å². The first-order valence-corrected chi connectivity index (χ1v) is 6.96. The number of hydrogen-bond donors (Lipinski definition) is 0. The topological polar surface area (TPSA) is 54.5 Å². The third-order valence-electron chi connectivity index (χ3n) is 3.05. The highest BCUT2D eigenvalue weighted by molar-refractivity contribution is 9.08. The lowest BCUT2D eigenvalue weighted by Crippen LogP contribution is -2.01. The molecular formula is C13H11BrN4. The van der Waals surface area contributed by atoms with Crippen LogP contribution in [0.1, 0.15) is 30.3 Å². The van der Waals surface area contributed by atoms with Crippen LogP contribution >= 0.6 is 15.9 Å². The number of nitriles is 1. The van der Waals surface area contributed by atoms with E-state index in [1.54, 1.807) is 6.07 Å². The van der Waals surface area contributed by atoms with Crippen LogP contribution in [-0.4, -0.2) is 14.8 Å². The molecule has 1 aromatic heterocycles. The second kappa shape index (κ2) is 4.54. The van der Waals surface area contributed by atoms with Gasteiger partial charge in [-0.3, -0.25) is 0 Å². The van der Waals surface area contributed by atoms with Crippen LogP contribution in [0.15, 0.2) is 24.3 Å². The Morgan fingerprint density at radius 2 is 2.22 bits per heavy atom. The number of aromatic nitrogens is 3. The van der Waals surface area contributed by atoms with Gasteiger partial charge in [-0.05, 0) is 25.0 Å². The Kier molecular flexibility index (Phi) is 2.88. The minimum absolute atomic E-state index is 0.522. The van der Waals surface area contributed by atoms with Crippen LogP contribution in [0.5, 0.6) is 0 Å². The molecule has 1 heterocycles. The molecule has 0 aliphatic heterocycles. The number of rotatable bonds is 3. The first kappa shape index (κ1) is 11.4. The highest BCUT2D eigenvalue weighted by Gasteiger charge is 2.29. The van der Waals surface area contributed by atoms with Gasteiger partial charge in [0.2, 0.25) is 0 Å². The predicted molar refractivity (Wildman–Crippen MR) is 71.1 cm³/mol. The molecule has 90 valence electrons. The molecule has 4 nitrogen and oxygen atoms in total. The summed E-state index contributed by atoms with van der Waals surface area (Å²) < 4.78 is 2.19. The fraction of sp³-hybridized carbons (Fsp3) is 0.308. The van der Waals surface area contributed by atoms with Crippen LogP contribution in [0.2, 0.25) is 0 Å². The Bertz CT molecular complexity index is 622. The van der Waals surface area contributed by atoms with Gasteiger partial charge in [0.15, 0.2) is 5.82 Å². The summed E-state index contributed by atoms with van der Waals surface area (Å²) in [6.45, 7) is 0. The summed E-state index contributed by atoms with van der Waals surface area (Å²) in [4.78, 5) is 0. The van der Waals surface area contributed by atoms with E-state index < -0.39 is 0 Å². The summed E-state index contributed by atoms with van der Waals surface area (Å²) in [5, 5.41) is 18.1. The normalized spacial score (nSPS) is 14.4. The van der Waals surface area contributed by atoms with Gasteiger partial charge in [-0.2, -0.15) is 5.26 Å². The maximum absolute atomic E-state index is 8.95. The molecule has 1 saturated carbocycles. The lowest BCUT2D eigenvalue weighted by atomic mass is 10.1. The van der Waals surface area contributed by atoms with E-state index in [2.05, 4.69) is 36.8 Å². The van der Waals surface area contributed by atoms with Gasteiger partial charge in [0, 0.05) is 11.6 Å². The average Bonchev–Trinajstić information content (AvgIpc) is 3.17. The number of hydrogen-bond acceptors (Lipinski definition) is 3. The number of benzene rings is 1. The van der Waals surface area contributed by atoms with Gasteiger partial charge in [-0.15, -0.1) is 10.2 Å². The maximum Gasteiger partial charge on any atom is 0.164 e. The molecule has 18 heavy (non-hydrogen) atoms. The first-order chi connectivity index (χ1) is 8.83. The third-order valence-corrected chi connectivity index (χ3v) is 3.55.